The highest BCUT2D eigenvalue weighted by Crippen LogP contribution is 2.25. The maximum atomic E-state index is 13.5. The van der Waals surface area contributed by atoms with Crippen molar-refractivity contribution < 1.29 is 4.39 Å². The van der Waals surface area contributed by atoms with Crippen LogP contribution >= 0.6 is 0 Å². The predicted octanol–water partition coefficient (Wildman–Crippen LogP) is 4.82. The molecule has 0 spiro atoms. The monoisotopic (exact) mass is 347 g/mol. The predicted molar refractivity (Wildman–Crippen MR) is 100 cm³/mol. The van der Waals surface area contributed by atoms with Crippen molar-refractivity contribution in [3.8, 4) is 5.69 Å². The van der Waals surface area contributed by atoms with Gasteiger partial charge in [0.25, 0.3) is 0 Å². The number of aromatic nitrogens is 4. The van der Waals surface area contributed by atoms with Gasteiger partial charge in [0.2, 0.25) is 0 Å². The van der Waals surface area contributed by atoms with Crippen LogP contribution in [0.3, 0.4) is 0 Å². The highest BCUT2D eigenvalue weighted by Gasteiger charge is 2.12. The van der Waals surface area contributed by atoms with Gasteiger partial charge in [-0.1, -0.05) is 32.0 Å². The Balaban J connectivity index is 1.71. The van der Waals surface area contributed by atoms with Crippen LogP contribution in [-0.4, -0.2) is 19.7 Å². The van der Waals surface area contributed by atoms with E-state index in [2.05, 4.69) is 46.4 Å². The molecular weight excluding hydrogens is 329 g/mol. The van der Waals surface area contributed by atoms with Crippen LogP contribution in [0.1, 0.15) is 25.3 Å². The zero-order valence-electron chi connectivity index (χ0n) is 14.5. The van der Waals surface area contributed by atoms with E-state index in [4.69, 9.17) is 0 Å². The van der Waals surface area contributed by atoms with Gasteiger partial charge in [0.05, 0.1) is 17.3 Å². The molecule has 0 unspecified atom stereocenters. The van der Waals surface area contributed by atoms with Gasteiger partial charge in [0.15, 0.2) is 5.65 Å². The van der Waals surface area contributed by atoms with E-state index in [1.807, 2.05) is 12.1 Å². The van der Waals surface area contributed by atoms with Gasteiger partial charge in [-0.3, -0.25) is 0 Å². The number of nitrogens with one attached hydrogen (secondary N) is 1. The summed E-state index contributed by atoms with van der Waals surface area (Å²) < 4.78 is 15.1. The average Bonchev–Trinajstić information content (AvgIpc) is 3.07. The summed E-state index contributed by atoms with van der Waals surface area (Å²) in [6.07, 6.45) is 3.16. The van der Waals surface area contributed by atoms with E-state index in [0.717, 1.165) is 11.1 Å². The van der Waals surface area contributed by atoms with E-state index in [9.17, 15) is 4.39 Å². The van der Waals surface area contributed by atoms with E-state index in [-0.39, 0.29) is 5.82 Å². The van der Waals surface area contributed by atoms with Crippen molar-refractivity contribution in [2.75, 3.05) is 5.32 Å². The molecule has 4 aromatic rings. The van der Waals surface area contributed by atoms with Gasteiger partial charge in [-0.15, -0.1) is 0 Å². The summed E-state index contributed by atoms with van der Waals surface area (Å²) in [6, 6.07) is 14.5. The molecule has 2 aromatic heterocycles. The second-order valence-electron chi connectivity index (χ2n) is 6.40. The first-order valence-electron chi connectivity index (χ1n) is 8.43. The molecule has 0 aliphatic rings. The number of rotatable bonds is 4. The third-order valence-electron chi connectivity index (χ3n) is 4.26. The van der Waals surface area contributed by atoms with E-state index in [1.165, 1.54) is 24.0 Å². The van der Waals surface area contributed by atoms with E-state index < -0.39 is 0 Å². The lowest BCUT2D eigenvalue weighted by Gasteiger charge is -2.09. The second-order valence-corrected chi connectivity index (χ2v) is 6.40. The first kappa shape index (κ1) is 16.2. The van der Waals surface area contributed by atoms with Crippen LogP contribution in [0.2, 0.25) is 0 Å². The minimum absolute atomic E-state index is 0.316. The van der Waals surface area contributed by atoms with Gasteiger partial charge in [-0.2, -0.15) is 5.10 Å². The fourth-order valence-corrected chi connectivity index (χ4v) is 2.83. The summed E-state index contributed by atoms with van der Waals surface area (Å²) in [6.45, 7) is 4.33. The number of fused-ring (bicyclic) bond motifs is 1. The Labute approximate surface area is 150 Å². The van der Waals surface area contributed by atoms with Crippen molar-refractivity contribution in [1.29, 1.82) is 0 Å². The molecule has 2 aromatic carbocycles. The fraction of sp³-hybridized carbons (Fsp3) is 0.150. The summed E-state index contributed by atoms with van der Waals surface area (Å²) in [4.78, 5) is 8.65. The first-order valence-corrected chi connectivity index (χ1v) is 8.43. The van der Waals surface area contributed by atoms with Crippen LogP contribution in [0.25, 0.3) is 16.7 Å². The number of benzene rings is 2. The number of nitrogens with zero attached hydrogens (tertiary/aromatic N) is 4. The summed E-state index contributed by atoms with van der Waals surface area (Å²) in [7, 11) is 0. The van der Waals surface area contributed by atoms with Gasteiger partial charge in [-0.05, 0) is 41.8 Å². The standard InChI is InChI=1S/C20H18FN5/c1-13(2)14-6-8-16(9-7-14)25-19-18-11-24-26(20(18)23-12-22-19)17-5-3-4-15(21)10-17/h3-13H,1-2H3,(H,22,23,25). The van der Waals surface area contributed by atoms with Crippen LogP contribution in [0.5, 0.6) is 0 Å². The maximum absolute atomic E-state index is 13.5. The Morgan fingerprint density at radius 1 is 1.04 bits per heavy atom. The number of halogens is 1. The Morgan fingerprint density at radius 2 is 1.85 bits per heavy atom. The third-order valence-corrected chi connectivity index (χ3v) is 4.26. The number of hydrogen-bond acceptors (Lipinski definition) is 4. The van der Waals surface area contributed by atoms with Gasteiger partial charge in [0.1, 0.15) is 18.0 Å². The van der Waals surface area contributed by atoms with Crippen molar-refractivity contribution in [3.05, 3.63) is 72.4 Å². The molecule has 0 amide bonds. The Bertz CT molecular complexity index is 1050. The topological polar surface area (TPSA) is 55.6 Å². The van der Waals surface area contributed by atoms with Crippen molar-refractivity contribution in [1.82, 2.24) is 19.7 Å². The lowest BCUT2D eigenvalue weighted by atomic mass is 10.0. The normalized spacial score (nSPS) is 11.2. The van der Waals surface area contributed by atoms with Gasteiger partial charge < -0.3 is 5.32 Å². The molecule has 130 valence electrons. The maximum Gasteiger partial charge on any atom is 0.168 e. The Kier molecular flexibility index (Phi) is 4.08. The molecule has 4 rings (SSSR count). The minimum atomic E-state index is -0.316. The molecule has 0 bridgehead atoms. The van der Waals surface area contributed by atoms with E-state index in [1.54, 1.807) is 23.0 Å². The minimum Gasteiger partial charge on any atom is -0.340 e. The van der Waals surface area contributed by atoms with Crippen molar-refractivity contribution >= 4 is 22.5 Å². The summed E-state index contributed by atoms with van der Waals surface area (Å²) in [5.41, 5.74) is 3.45. The van der Waals surface area contributed by atoms with Gasteiger partial charge in [0, 0.05) is 5.69 Å². The largest absolute Gasteiger partial charge is 0.340 e. The fourth-order valence-electron chi connectivity index (χ4n) is 2.83. The molecular formula is C20H18FN5. The highest BCUT2D eigenvalue weighted by atomic mass is 19.1. The van der Waals surface area contributed by atoms with Crippen LogP contribution in [0.15, 0.2) is 61.1 Å². The zero-order valence-corrected chi connectivity index (χ0v) is 14.5. The lowest BCUT2D eigenvalue weighted by Crippen LogP contribution is -2.00. The van der Waals surface area contributed by atoms with Crippen LogP contribution in [-0.2, 0) is 0 Å². The molecule has 5 nitrogen and oxygen atoms in total. The number of anilines is 2. The van der Waals surface area contributed by atoms with Gasteiger partial charge >= 0.3 is 0 Å². The molecule has 0 saturated carbocycles. The quantitative estimate of drug-likeness (QED) is 0.575. The first-order chi connectivity index (χ1) is 12.6. The molecule has 0 fully saturated rings. The van der Waals surface area contributed by atoms with Crippen LogP contribution in [0.4, 0.5) is 15.9 Å². The van der Waals surface area contributed by atoms with Crippen molar-refractivity contribution in [3.63, 3.8) is 0 Å². The molecule has 26 heavy (non-hydrogen) atoms. The Hall–Kier alpha value is -3.28. The molecule has 1 N–H and O–H groups in total. The van der Waals surface area contributed by atoms with Crippen LogP contribution < -0.4 is 5.32 Å². The molecule has 6 heteroatoms. The van der Waals surface area contributed by atoms with Crippen LogP contribution in [0, 0.1) is 5.82 Å². The summed E-state index contributed by atoms with van der Waals surface area (Å²) in [5, 5.41) is 8.43. The molecule has 0 atom stereocenters. The average molecular weight is 347 g/mol. The zero-order chi connectivity index (χ0) is 18.1. The molecule has 2 heterocycles. The third kappa shape index (κ3) is 3.01. The molecule has 0 radical (unpaired) electrons. The molecule has 0 aliphatic heterocycles. The Morgan fingerprint density at radius 3 is 2.58 bits per heavy atom. The molecule has 0 aliphatic carbocycles. The van der Waals surface area contributed by atoms with E-state index >= 15 is 0 Å². The van der Waals surface area contributed by atoms with E-state index in [0.29, 0.717) is 23.1 Å². The highest BCUT2D eigenvalue weighted by molar-refractivity contribution is 5.89. The van der Waals surface area contributed by atoms with Gasteiger partial charge in [-0.25, -0.2) is 19.0 Å². The van der Waals surface area contributed by atoms with Crippen molar-refractivity contribution in [2.24, 2.45) is 0 Å². The smallest absolute Gasteiger partial charge is 0.168 e. The summed E-state index contributed by atoms with van der Waals surface area (Å²) >= 11 is 0. The lowest BCUT2D eigenvalue weighted by molar-refractivity contribution is 0.625. The SMILES string of the molecule is CC(C)c1ccc(Nc2ncnc3c2cnn3-c2cccc(F)c2)cc1. The second kappa shape index (κ2) is 6.55. The molecule has 0 saturated heterocycles. The summed E-state index contributed by atoms with van der Waals surface area (Å²) in [5.74, 6) is 0.832. The number of hydrogen-bond donors (Lipinski definition) is 1. The van der Waals surface area contributed by atoms with Crippen molar-refractivity contribution in [2.45, 2.75) is 19.8 Å².